The van der Waals surface area contributed by atoms with E-state index in [1.165, 1.54) is 29.2 Å². The van der Waals surface area contributed by atoms with Gasteiger partial charge in [0.1, 0.15) is 23.2 Å². The largest absolute Gasteiger partial charge is 0.360 e. The number of aryl methyl sites for hydroxylation is 1. The molecule has 28 heavy (non-hydrogen) atoms. The summed E-state index contributed by atoms with van der Waals surface area (Å²) in [4.78, 5) is 41.8. The van der Waals surface area contributed by atoms with E-state index >= 15 is 0 Å². The van der Waals surface area contributed by atoms with Gasteiger partial charge in [0.05, 0.1) is 5.52 Å². The summed E-state index contributed by atoms with van der Waals surface area (Å²) in [6, 6.07) is 6.21. The zero-order chi connectivity index (χ0) is 19.8. The van der Waals surface area contributed by atoms with E-state index < -0.39 is 29.2 Å². The summed E-state index contributed by atoms with van der Waals surface area (Å²) < 4.78 is 18.3. The molecule has 1 fully saturated rings. The number of carbonyl (C=O) groups excluding carboxylic acids is 2. The minimum Gasteiger partial charge on any atom is -0.360 e. The van der Waals surface area contributed by atoms with Gasteiger partial charge in [0.2, 0.25) is 5.91 Å². The number of aromatic nitrogens is 2. The summed E-state index contributed by atoms with van der Waals surface area (Å²) in [5.41, 5.74) is -0.406. The molecule has 1 unspecified atom stereocenters. The molecule has 9 heteroatoms. The Hall–Kier alpha value is -3.49. The first kappa shape index (κ1) is 17.9. The maximum Gasteiger partial charge on any atom is 0.261 e. The van der Waals surface area contributed by atoms with Crippen molar-refractivity contribution >= 4 is 28.5 Å². The molecule has 0 saturated carbocycles. The number of halogens is 1. The standard InChI is InChI=1S/C19H17FN4O4/c1-10-7-16(23-28-10)22-18(26)15-3-2-6-24(15)19(27)13-8-11-4-5-12(20)9-14(11)21-17(13)25/h4-5,7-9,15H,2-3,6H2,1H3,(H,21,25)(H,22,23,26). The van der Waals surface area contributed by atoms with Crippen LogP contribution in [0.25, 0.3) is 10.9 Å². The molecule has 1 aromatic carbocycles. The number of amides is 2. The van der Waals surface area contributed by atoms with E-state index in [1.54, 1.807) is 13.0 Å². The van der Waals surface area contributed by atoms with Gasteiger partial charge in [-0.3, -0.25) is 14.4 Å². The highest BCUT2D eigenvalue weighted by atomic mass is 19.1. The van der Waals surface area contributed by atoms with Crippen LogP contribution in [0.3, 0.4) is 0 Å². The predicted octanol–water partition coefficient (Wildman–Crippen LogP) is 2.21. The van der Waals surface area contributed by atoms with Gasteiger partial charge in [-0.15, -0.1) is 0 Å². The second-order valence-corrected chi connectivity index (χ2v) is 6.71. The van der Waals surface area contributed by atoms with Crippen LogP contribution in [0.2, 0.25) is 0 Å². The van der Waals surface area contributed by atoms with Crippen LogP contribution in [-0.2, 0) is 4.79 Å². The van der Waals surface area contributed by atoms with E-state index in [2.05, 4.69) is 15.5 Å². The summed E-state index contributed by atoms with van der Waals surface area (Å²) in [5.74, 6) is -0.595. The fourth-order valence-corrected chi connectivity index (χ4v) is 3.40. The molecular weight excluding hydrogens is 367 g/mol. The van der Waals surface area contributed by atoms with Crippen LogP contribution in [0.4, 0.5) is 10.2 Å². The summed E-state index contributed by atoms with van der Waals surface area (Å²) in [7, 11) is 0. The van der Waals surface area contributed by atoms with Gasteiger partial charge in [-0.2, -0.15) is 0 Å². The quantitative estimate of drug-likeness (QED) is 0.720. The molecule has 0 bridgehead atoms. The molecule has 0 radical (unpaired) electrons. The number of nitrogens with one attached hydrogen (secondary N) is 2. The summed E-state index contributed by atoms with van der Waals surface area (Å²) in [5, 5.41) is 6.87. The van der Waals surface area contributed by atoms with E-state index in [4.69, 9.17) is 4.52 Å². The Morgan fingerprint density at radius 2 is 2.14 bits per heavy atom. The average molecular weight is 384 g/mol. The number of hydrogen-bond donors (Lipinski definition) is 2. The van der Waals surface area contributed by atoms with Crippen LogP contribution < -0.4 is 10.9 Å². The highest BCUT2D eigenvalue weighted by molar-refractivity contribution is 6.02. The van der Waals surface area contributed by atoms with Crippen molar-refractivity contribution in [3.8, 4) is 0 Å². The molecule has 2 aromatic heterocycles. The number of pyridine rings is 1. The number of benzene rings is 1. The van der Waals surface area contributed by atoms with Gasteiger partial charge < -0.3 is 19.7 Å². The Bertz CT molecular complexity index is 1140. The van der Waals surface area contributed by atoms with E-state index in [0.29, 0.717) is 36.0 Å². The lowest BCUT2D eigenvalue weighted by molar-refractivity contribution is -0.119. The smallest absolute Gasteiger partial charge is 0.261 e. The average Bonchev–Trinajstić information content (AvgIpc) is 3.29. The Kier molecular flexibility index (Phi) is 4.42. The van der Waals surface area contributed by atoms with Crippen molar-refractivity contribution in [2.24, 2.45) is 0 Å². The third-order valence-corrected chi connectivity index (χ3v) is 4.73. The minimum absolute atomic E-state index is 0.0870. The number of aromatic amines is 1. The van der Waals surface area contributed by atoms with Crippen LogP contribution in [0.1, 0.15) is 29.0 Å². The van der Waals surface area contributed by atoms with Gasteiger partial charge >= 0.3 is 0 Å². The van der Waals surface area contributed by atoms with Gasteiger partial charge in [-0.1, -0.05) is 5.16 Å². The number of rotatable bonds is 3. The molecule has 3 aromatic rings. The molecule has 1 aliphatic heterocycles. The molecule has 1 aliphatic rings. The van der Waals surface area contributed by atoms with Crippen molar-refractivity contribution < 1.29 is 18.5 Å². The van der Waals surface area contributed by atoms with E-state index in [0.717, 1.165) is 0 Å². The Labute approximate surface area is 158 Å². The zero-order valence-corrected chi connectivity index (χ0v) is 15.0. The fourth-order valence-electron chi connectivity index (χ4n) is 3.40. The van der Waals surface area contributed by atoms with Crippen molar-refractivity contribution in [2.75, 3.05) is 11.9 Å². The second kappa shape index (κ2) is 6.91. The Balaban J connectivity index is 1.60. The van der Waals surface area contributed by atoms with E-state index in [9.17, 15) is 18.8 Å². The lowest BCUT2D eigenvalue weighted by Gasteiger charge is -2.23. The van der Waals surface area contributed by atoms with E-state index in [1.807, 2.05) is 0 Å². The normalized spacial score (nSPS) is 16.5. The van der Waals surface area contributed by atoms with Crippen molar-refractivity contribution in [1.82, 2.24) is 15.0 Å². The van der Waals surface area contributed by atoms with Gasteiger partial charge in [0, 0.05) is 12.6 Å². The van der Waals surface area contributed by atoms with Crippen LogP contribution in [0.5, 0.6) is 0 Å². The first-order chi connectivity index (χ1) is 13.4. The molecular formula is C19H17FN4O4. The molecule has 3 heterocycles. The van der Waals surface area contributed by atoms with E-state index in [-0.39, 0.29) is 11.4 Å². The van der Waals surface area contributed by atoms with Crippen molar-refractivity contribution in [1.29, 1.82) is 0 Å². The highest BCUT2D eigenvalue weighted by Gasteiger charge is 2.35. The van der Waals surface area contributed by atoms with Gasteiger partial charge in [0.25, 0.3) is 11.5 Å². The molecule has 0 aliphatic carbocycles. The van der Waals surface area contributed by atoms with Crippen LogP contribution >= 0.6 is 0 Å². The summed E-state index contributed by atoms with van der Waals surface area (Å²) in [6.45, 7) is 2.06. The number of anilines is 1. The first-order valence-corrected chi connectivity index (χ1v) is 8.80. The lowest BCUT2D eigenvalue weighted by atomic mass is 10.1. The highest BCUT2D eigenvalue weighted by Crippen LogP contribution is 2.22. The number of fused-ring (bicyclic) bond motifs is 1. The van der Waals surface area contributed by atoms with Crippen molar-refractivity contribution in [3.63, 3.8) is 0 Å². The zero-order valence-electron chi connectivity index (χ0n) is 15.0. The monoisotopic (exact) mass is 384 g/mol. The third-order valence-electron chi connectivity index (χ3n) is 4.73. The maximum atomic E-state index is 13.3. The molecule has 1 saturated heterocycles. The number of nitrogens with zero attached hydrogens (tertiary/aromatic N) is 2. The second-order valence-electron chi connectivity index (χ2n) is 6.71. The molecule has 0 spiro atoms. The molecule has 2 N–H and O–H groups in total. The molecule has 8 nitrogen and oxygen atoms in total. The SMILES string of the molecule is Cc1cc(NC(=O)C2CCCN2C(=O)c2cc3ccc(F)cc3[nH]c2=O)no1. The predicted molar refractivity (Wildman–Crippen MR) is 98.5 cm³/mol. The maximum absolute atomic E-state index is 13.3. The fraction of sp³-hybridized carbons (Fsp3) is 0.263. The van der Waals surface area contributed by atoms with Crippen LogP contribution in [0, 0.1) is 12.7 Å². The molecule has 4 rings (SSSR count). The molecule has 144 valence electrons. The number of hydrogen-bond acceptors (Lipinski definition) is 5. The summed E-state index contributed by atoms with van der Waals surface area (Å²) >= 11 is 0. The molecule has 2 amide bonds. The third kappa shape index (κ3) is 3.26. The Morgan fingerprint density at radius 1 is 1.32 bits per heavy atom. The summed E-state index contributed by atoms with van der Waals surface area (Å²) in [6.07, 6.45) is 1.11. The van der Waals surface area contributed by atoms with Crippen LogP contribution in [-0.4, -0.2) is 39.4 Å². The molecule has 1 atom stereocenters. The Morgan fingerprint density at radius 3 is 2.89 bits per heavy atom. The van der Waals surface area contributed by atoms with Crippen molar-refractivity contribution in [2.45, 2.75) is 25.8 Å². The van der Waals surface area contributed by atoms with Crippen molar-refractivity contribution in [3.05, 3.63) is 57.8 Å². The minimum atomic E-state index is -0.715. The van der Waals surface area contributed by atoms with Gasteiger partial charge in [-0.25, -0.2) is 4.39 Å². The van der Waals surface area contributed by atoms with Gasteiger partial charge in [-0.05, 0) is 49.4 Å². The van der Waals surface area contributed by atoms with Crippen LogP contribution in [0.15, 0.2) is 39.6 Å². The topological polar surface area (TPSA) is 108 Å². The number of H-pyrrole nitrogens is 1. The first-order valence-electron chi connectivity index (χ1n) is 8.80. The number of likely N-dealkylation sites (tertiary alicyclic amines) is 1. The number of carbonyl (C=O) groups is 2. The van der Waals surface area contributed by atoms with Gasteiger partial charge in [0.15, 0.2) is 5.82 Å². The lowest BCUT2D eigenvalue weighted by Crippen LogP contribution is -2.44.